The lowest BCUT2D eigenvalue weighted by molar-refractivity contribution is -0.132. The lowest BCUT2D eigenvalue weighted by Crippen LogP contribution is -2.36. The summed E-state index contributed by atoms with van der Waals surface area (Å²) >= 11 is 0. The molecular weight excluding hydrogens is 158 g/mol. The highest BCUT2D eigenvalue weighted by Crippen LogP contribution is 1.95. The molecule has 1 N–H and O–H groups in total. The molecule has 0 heterocycles. The Labute approximate surface area is 70.3 Å². The van der Waals surface area contributed by atoms with E-state index >= 15 is 0 Å². The molecule has 0 aliphatic carbocycles. The molecule has 0 saturated carbocycles. The number of ketones is 1. The Kier molecular flexibility index (Phi) is 5.28. The topological polar surface area (TPSA) is 63.2 Å². The predicted octanol–water partition coefficient (Wildman–Crippen LogP) is -0.718. The lowest BCUT2D eigenvalue weighted by Gasteiger charge is -2.08. The number of amides is 1. The van der Waals surface area contributed by atoms with E-state index < -0.39 is 11.8 Å². The molecule has 1 amide bonds. The van der Waals surface area contributed by atoms with Gasteiger partial charge >= 0.3 is 0 Å². The molecule has 0 aliphatic rings. The first-order valence-corrected chi connectivity index (χ1v) is 3.38. The van der Waals surface area contributed by atoms with Crippen LogP contribution in [0.15, 0.2) is 0 Å². The smallest absolute Gasteiger partial charge is 0.217 e. The molecule has 0 saturated heterocycles. The molecule has 0 bridgehead atoms. The van der Waals surface area contributed by atoms with Gasteiger partial charge in [0.05, 0.1) is 6.04 Å². The Morgan fingerprint density at radius 3 is 2.67 bits per heavy atom. The Balaban J connectivity index is 4.03. The summed E-state index contributed by atoms with van der Waals surface area (Å²) in [6.45, 7) is 0. The number of aldehydes is 1. The number of nitrogens with one attached hydrogen (secondary N) is 1. The van der Waals surface area contributed by atoms with Crippen LogP contribution in [0.5, 0.6) is 0 Å². The van der Waals surface area contributed by atoms with Crippen LogP contribution in [0.1, 0.15) is 12.8 Å². The first-order chi connectivity index (χ1) is 5.76. The van der Waals surface area contributed by atoms with Gasteiger partial charge in [0.2, 0.25) is 12.2 Å². The molecule has 4 heteroatoms. The second kappa shape index (κ2) is 6.10. The highest BCUT2D eigenvalue weighted by molar-refractivity contribution is 6.27. The average molecular weight is 167 g/mol. The van der Waals surface area contributed by atoms with Crippen molar-refractivity contribution in [2.45, 2.75) is 18.9 Å². The zero-order valence-corrected chi connectivity index (χ0v) is 6.45. The Hall–Kier alpha value is -1.63. The van der Waals surface area contributed by atoms with Gasteiger partial charge in [0.1, 0.15) is 0 Å². The van der Waals surface area contributed by atoms with Gasteiger partial charge in [0, 0.05) is 6.42 Å². The fourth-order valence-corrected chi connectivity index (χ4v) is 0.700. The molecule has 12 heavy (non-hydrogen) atoms. The van der Waals surface area contributed by atoms with Crippen molar-refractivity contribution in [2.75, 3.05) is 0 Å². The number of rotatable bonds is 6. The fourth-order valence-electron chi connectivity index (χ4n) is 0.700. The van der Waals surface area contributed by atoms with E-state index in [9.17, 15) is 14.4 Å². The Morgan fingerprint density at radius 1 is 1.58 bits per heavy atom. The van der Waals surface area contributed by atoms with E-state index in [4.69, 9.17) is 6.42 Å². The maximum Gasteiger partial charge on any atom is 0.217 e. The fraction of sp³-hybridized carbons (Fsp3) is 0.375. The van der Waals surface area contributed by atoms with Crippen LogP contribution in [0.2, 0.25) is 0 Å². The predicted molar refractivity (Wildman–Crippen MR) is 42.1 cm³/mol. The van der Waals surface area contributed by atoms with Gasteiger partial charge in [0.25, 0.3) is 0 Å². The molecule has 0 aromatic carbocycles. The van der Waals surface area contributed by atoms with E-state index in [1.807, 2.05) is 0 Å². The van der Waals surface area contributed by atoms with E-state index in [1.165, 1.54) is 0 Å². The van der Waals surface area contributed by atoms with Gasteiger partial charge in [-0.2, -0.15) is 0 Å². The number of hydrogen-bond acceptors (Lipinski definition) is 3. The molecule has 0 fully saturated rings. The minimum Gasteiger partial charge on any atom is -0.348 e. The third kappa shape index (κ3) is 3.52. The van der Waals surface area contributed by atoms with Crippen molar-refractivity contribution >= 4 is 18.5 Å². The summed E-state index contributed by atoms with van der Waals surface area (Å²) in [5, 5.41) is 2.21. The molecule has 0 radical (unpaired) electrons. The highest BCUT2D eigenvalue weighted by Gasteiger charge is 2.14. The molecular formula is C8H9NO3. The van der Waals surface area contributed by atoms with Gasteiger partial charge < -0.3 is 5.32 Å². The standard InChI is InChI=1S/C8H9NO3/c1-2-3-4-7(9-6-11)8(12)5-10/h1,5-7H,3-4H2,(H,9,11). The van der Waals surface area contributed by atoms with E-state index in [-0.39, 0.29) is 6.29 Å². The number of hydrogen-bond donors (Lipinski definition) is 1. The van der Waals surface area contributed by atoms with E-state index in [0.29, 0.717) is 19.3 Å². The van der Waals surface area contributed by atoms with Crippen LogP contribution in [0.4, 0.5) is 0 Å². The minimum atomic E-state index is -0.768. The zero-order chi connectivity index (χ0) is 9.40. The lowest BCUT2D eigenvalue weighted by atomic mass is 10.1. The van der Waals surface area contributed by atoms with Crippen molar-refractivity contribution in [2.24, 2.45) is 0 Å². The first-order valence-electron chi connectivity index (χ1n) is 3.38. The van der Waals surface area contributed by atoms with Crippen LogP contribution in [0.3, 0.4) is 0 Å². The molecule has 1 atom stereocenters. The number of terminal acetylenes is 1. The van der Waals surface area contributed by atoms with Gasteiger partial charge in [0.15, 0.2) is 6.29 Å². The Bertz CT molecular complexity index is 217. The van der Waals surface area contributed by atoms with Gasteiger partial charge in [-0.25, -0.2) is 0 Å². The molecule has 0 aromatic rings. The van der Waals surface area contributed by atoms with Gasteiger partial charge in [-0.15, -0.1) is 12.3 Å². The second-order valence-corrected chi connectivity index (χ2v) is 2.10. The Morgan fingerprint density at radius 2 is 2.25 bits per heavy atom. The van der Waals surface area contributed by atoms with Crippen LogP contribution < -0.4 is 5.32 Å². The molecule has 0 aromatic heterocycles. The van der Waals surface area contributed by atoms with Crippen molar-refractivity contribution in [3.05, 3.63) is 0 Å². The van der Waals surface area contributed by atoms with Crippen LogP contribution in [0.25, 0.3) is 0 Å². The van der Waals surface area contributed by atoms with Crippen LogP contribution in [-0.2, 0) is 14.4 Å². The van der Waals surface area contributed by atoms with Crippen molar-refractivity contribution in [3.63, 3.8) is 0 Å². The van der Waals surface area contributed by atoms with Gasteiger partial charge in [-0.3, -0.25) is 14.4 Å². The molecule has 0 aliphatic heterocycles. The van der Waals surface area contributed by atoms with Crippen LogP contribution in [-0.4, -0.2) is 24.5 Å². The van der Waals surface area contributed by atoms with Gasteiger partial charge in [-0.05, 0) is 6.42 Å². The third-order valence-corrected chi connectivity index (χ3v) is 1.31. The molecule has 0 spiro atoms. The summed E-state index contributed by atoms with van der Waals surface area (Å²) < 4.78 is 0. The molecule has 64 valence electrons. The van der Waals surface area contributed by atoms with Crippen molar-refractivity contribution in [3.8, 4) is 12.3 Å². The quantitative estimate of drug-likeness (QED) is 0.322. The minimum absolute atomic E-state index is 0.178. The van der Waals surface area contributed by atoms with Crippen LogP contribution in [0, 0.1) is 12.3 Å². The van der Waals surface area contributed by atoms with Crippen LogP contribution >= 0.6 is 0 Å². The summed E-state index contributed by atoms with van der Waals surface area (Å²) in [5.41, 5.74) is 0. The van der Waals surface area contributed by atoms with Crippen molar-refractivity contribution < 1.29 is 14.4 Å². The third-order valence-electron chi connectivity index (χ3n) is 1.31. The number of carbonyl (C=O) groups excluding carboxylic acids is 3. The summed E-state index contributed by atoms with van der Waals surface area (Å²) in [4.78, 5) is 30.7. The summed E-state index contributed by atoms with van der Waals surface area (Å²) in [6, 6.07) is -0.768. The zero-order valence-electron chi connectivity index (χ0n) is 6.45. The van der Waals surface area contributed by atoms with E-state index in [0.717, 1.165) is 0 Å². The number of Topliss-reactive ketones (excluding diaryl/α,β-unsaturated/α-hetero) is 1. The van der Waals surface area contributed by atoms with Crippen molar-refractivity contribution in [1.82, 2.24) is 5.32 Å². The van der Waals surface area contributed by atoms with E-state index in [2.05, 4.69) is 11.2 Å². The highest BCUT2D eigenvalue weighted by atomic mass is 16.2. The molecule has 1 unspecified atom stereocenters. The van der Waals surface area contributed by atoms with Crippen molar-refractivity contribution in [1.29, 1.82) is 0 Å². The maximum absolute atomic E-state index is 10.7. The van der Waals surface area contributed by atoms with Gasteiger partial charge in [-0.1, -0.05) is 0 Å². The monoisotopic (exact) mass is 167 g/mol. The number of carbonyl (C=O) groups is 3. The maximum atomic E-state index is 10.7. The SMILES string of the molecule is C#CCCC(NC=O)C(=O)C=O. The molecule has 4 nitrogen and oxygen atoms in total. The average Bonchev–Trinajstić information content (AvgIpc) is 2.11. The summed E-state index contributed by atoms with van der Waals surface area (Å²) in [5.74, 6) is 1.66. The van der Waals surface area contributed by atoms with E-state index in [1.54, 1.807) is 0 Å². The first kappa shape index (κ1) is 10.4. The summed E-state index contributed by atoms with van der Waals surface area (Å²) in [6.07, 6.45) is 6.16. The second-order valence-electron chi connectivity index (χ2n) is 2.10. The largest absolute Gasteiger partial charge is 0.348 e. The summed E-state index contributed by atoms with van der Waals surface area (Å²) in [7, 11) is 0. The molecule has 0 rings (SSSR count). The normalized spacial score (nSPS) is 10.9.